The summed E-state index contributed by atoms with van der Waals surface area (Å²) < 4.78 is 34.9. The SMILES string of the molecule is Cc1nc(CN2C[C@@]3(CCN(CC4CC4)C3)Oc3ccccc3S2(=O)=O)cs1. The van der Waals surface area contributed by atoms with Crippen molar-refractivity contribution in [3.63, 3.8) is 0 Å². The van der Waals surface area contributed by atoms with E-state index in [-0.39, 0.29) is 11.4 Å². The number of hydrogen-bond acceptors (Lipinski definition) is 6. The van der Waals surface area contributed by atoms with Gasteiger partial charge in [-0.05, 0) is 37.8 Å². The Kier molecular flexibility index (Phi) is 4.50. The van der Waals surface area contributed by atoms with Crippen molar-refractivity contribution in [2.24, 2.45) is 5.92 Å². The Hall–Kier alpha value is -1.48. The van der Waals surface area contributed by atoms with Gasteiger partial charge in [0.15, 0.2) is 0 Å². The third-order valence-electron chi connectivity index (χ3n) is 5.87. The Morgan fingerprint density at radius 2 is 2.11 bits per heavy atom. The summed E-state index contributed by atoms with van der Waals surface area (Å²) in [5.74, 6) is 1.29. The molecule has 0 bridgehead atoms. The first kappa shape index (κ1) is 18.5. The molecule has 0 N–H and O–H groups in total. The van der Waals surface area contributed by atoms with E-state index in [4.69, 9.17) is 4.74 Å². The van der Waals surface area contributed by atoms with E-state index in [2.05, 4.69) is 9.88 Å². The fraction of sp³-hybridized carbons (Fsp3) is 0.550. The van der Waals surface area contributed by atoms with Crippen molar-refractivity contribution in [1.29, 1.82) is 0 Å². The number of thiazole rings is 1. The maximum Gasteiger partial charge on any atom is 0.247 e. The quantitative estimate of drug-likeness (QED) is 0.763. The maximum absolute atomic E-state index is 13.5. The van der Waals surface area contributed by atoms with E-state index >= 15 is 0 Å². The van der Waals surface area contributed by atoms with E-state index in [0.29, 0.717) is 12.3 Å². The Balaban J connectivity index is 1.50. The predicted octanol–water partition coefficient (Wildman–Crippen LogP) is 2.89. The van der Waals surface area contributed by atoms with Crippen LogP contribution in [-0.4, -0.2) is 54.4 Å². The first-order valence-corrected chi connectivity index (χ1v) is 12.2. The smallest absolute Gasteiger partial charge is 0.247 e. The second kappa shape index (κ2) is 6.79. The Labute approximate surface area is 170 Å². The number of sulfonamides is 1. The highest BCUT2D eigenvalue weighted by Crippen LogP contribution is 2.40. The largest absolute Gasteiger partial charge is 0.483 e. The van der Waals surface area contributed by atoms with Gasteiger partial charge in [0.2, 0.25) is 10.0 Å². The van der Waals surface area contributed by atoms with Gasteiger partial charge in [-0.1, -0.05) is 12.1 Å². The minimum absolute atomic E-state index is 0.263. The summed E-state index contributed by atoms with van der Waals surface area (Å²) in [5.41, 5.74) is 0.299. The topological polar surface area (TPSA) is 62.7 Å². The average Bonchev–Trinajstić information content (AvgIpc) is 3.27. The van der Waals surface area contributed by atoms with Crippen LogP contribution in [0.1, 0.15) is 30.0 Å². The van der Waals surface area contributed by atoms with Crippen LogP contribution in [0.4, 0.5) is 0 Å². The van der Waals surface area contributed by atoms with E-state index in [1.165, 1.54) is 12.8 Å². The van der Waals surface area contributed by atoms with Gasteiger partial charge in [0.1, 0.15) is 16.2 Å². The molecule has 2 aliphatic heterocycles. The summed E-state index contributed by atoms with van der Waals surface area (Å²) >= 11 is 1.55. The van der Waals surface area contributed by atoms with Crippen LogP contribution in [0.5, 0.6) is 5.75 Å². The highest BCUT2D eigenvalue weighted by atomic mass is 32.2. The van der Waals surface area contributed by atoms with Gasteiger partial charge in [0.25, 0.3) is 0 Å². The molecule has 1 aromatic carbocycles. The molecule has 1 aromatic heterocycles. The van der Waals surface area contributed by atoms with Crippen LogP contribution in [0.2, 0.25) is 0 Å². The molecule has 3 aliphatic rings. The lowest BCUT2D eigenvalue weighted by atomic mass is 10.0. The van der Waals surface area contributed by atoms with Gasteiger partial charge in [-0.2, -0.15) is 4.31 Å². The number of ether oxygens (including phenoxy) is 1. The number of nitrogens with zero attached hydrogens (tertiary/aromatic N) is 3. The van der Waals surface area contributed by atoms with Gasteiger partial charge in [0, 0.05) is 31.4 Å². The molecule has 1 atom stereocenters. The van der Waals surface area contributed by atoms with Gasteiger partial charge in [0.05, 0.1) is 23.8 Å². The Morgan fingerprint density at radius 1 is 1.29 bits per heavy atom. The molecule has 0 radical (unpaired) electrons. The average molecular weight is 420 g/mol. The molecular formula is C20H25N3O3S2. The molecule has 150 valence electrons. The van der Waals surface area contributed by atoms with Crippen molar-refractivity contribution in [1.82, 2.24) is 14.2 Å². The van der Waals surface area contributed by atoms with Crippen LogP contribution in [-0.2, 0) is 16.6 Å². The molecule has 1 saturated heterocycles. The molecule has 1 spiro atoms. The lowest BCUT2D eigenvalue weighted by Gasteiger charge is -2.32. The molecule has 2 aromatic rings. The highest BCUT2D eigenvalue weighted by molar-refractivity contribution is 7.89. The number of fused-ring (bicyclic) bond motifs is 1. The van der Waals surface area contributed by atoms with Crippen LogP contribution < -0.4 is 4.74 Å². The van der Waals surface area contributed by atoms with Crippen LogP contribution in [0.3, 0.4) is 0 Å². The fourth-order valence-corrected chi connectivity index (χ4v) is 6.53. The molecule has 2 fully saturated rings. The number of aromatic nitrogens is 1. The standard InChI is InChI=1S/C20H25N3O3S2/c1-15-21-17(12-27-15)11-23-14-20(8-9-22(13-20)10-16-6-7-16)26-18-4-2-3-5-19(18)28(23,24)25/h2-5,12,16H,6-11,13-14H2,1H3/t20-/m0/s1. The molecule has 0 amide bonds. The highest BCUT2D eigenvalue weighted by Gasteiger charge is 2.48. The van der Waals surface area contributed by atoms with E-state index in [0.717, 1.165) is 42.7 Å². The van der Waals surface area contributed by atoms with Crippen molar-refractivity contribution in [2.45, 2.75) is 43.2 Å². The van der Waals surface area contributed by atoms with Gasteiger partial charge in [-0.15, -0.1) is 11.3 Å². The molecule has 5 rings (SSSR count). The number of benzene rings is 1. The van der Waals surface area contributed by atoms with Crippen molar-refractivity contribution >= 4 is 21.4 Å². The first-order chi connectivity index (χ1) is 13.4. The summed E-state index contributed by atoms with van der Waals surface area (Å²) in [7, 11) is -3.65. The van der Waals surface area contributed by atoms with Gasteiger partial charge in [-0.3, -0.25) is 4.90 Å². The maximum atomic E-state index is 13.5. The van der Waals surface area contributed by atoms with Crippen molar-refractivity contribution in [3.8, 4) is 5.75 Å². The summed E-state index contributed by atoms with van der Waals surface area (Å²) in [6.07, 6.45) is 3.48. The molecule has 1 aliphatic carbocycles. The molecule has 3 heterocycles. The van der Waals surface area contributed by atoms with E-state index in [9.17, 15) is 8.42 Å². The normalized spacial score (nSPS) is 27.5. The number of para-hydroxylation sites is 1. The Bertz CT molecular complexity index is 986. The van der Waals surface area contributed by atoms with Crippen LogP contribution >= 0.6 is 11.3 Å². The predicted molar refractivity (Wildman–Crippen MR) is 108 cm³/mol. The minimum Gasteiger partial charge on any atom is -0.483 e. The van der Waals surface area contributed by atoms with E-state index < -0.39 is 15.6 Å². The second-order valence-electron chi connectivity index (χ2n) is 8.29. The lowest BCUT2D eigenvalue weighted by Crippen LogP contribution is -2.49. The molecular weight excluding hydrogens is 394 g/mol. The van der Waals surface area contributed by atoms with Crippen LogP contribution in [0.25, 0.3) is 0 Å². The summed E-state index contributed by atoms with van der Waals surface area (Å²) in [6, 6.07) is 7.05. The minimum atomic E-state index is -3.65. The number of rotatable bonds is 4. The molecule has 8 heteroatoms. The number of likely N-dealkylation sites (tertiary alicyclic amines) is 1. The zero-order chi connectivity index (χ0) is 19.4. The monoisotopic (exact) mass is 419 g/mol. The number of hydrogen-bond donors (Lipinski definition) is 0. The van der Waals surface area contributed by atoms with Gasteiger partial charge in [-0.25, -0.2) is 13.4 Å². The molecule has 6 nitrogen and oxygen atoms in total. The van der Waals surface area contributed by atoms with Crippen LogP contribution in [0.15, 0.2) is 34.5 Å². The fourth-order valence-electron chi connectivity index (χ4n) is 4.32. The third kappa shape index (κ3) is 3.47. The zero-order valence-corrected chi connectivity index (χ0v) is 17.6. The zero-order valence-electron chi connectivity index (χ0n) is 16.0. The van der Waals surface area contributed by atoms with Crippen LogP contribution in [0, 0.1) is 12.8 Å². The Morgan fingerprint density at radius 3 is 2.86 bits per heavy atom. The molecule has 0 unspecified atom stereocenters. The molecule has 28 heavy (non-hydrogen) atoms. The lowest BCUT2D eigenvalue weighted by molar-refractivity contribution is 0.0572. The second-order valence-corrected chi connectivity index (χ2v) is 11.3. The van der Waals surface area contributed by atoms with Gasteiger partial charge < -0.3 is 4.74 Å². The van der Waals surface area contributed by atoms with Gasteiger partial charge >= 0.3 is 0 Å². The third-order valence-corrected chi connectivity index (χ3v) is 8.53. The summed E-state index contributed by atoms with van der Waals surface area (Å²) in [6.45, 7) is 5.43. The van der Waals surface area contributed by atoms with E-state index in [1.807, 2.05) is 18.4 Å². The summed E-state index contributed by atoms with van der Waals surface area (Å²) in [5, 5.41) is 2.90. The first-order valence-electron chi connectivity index (χ1n) is 9.85. The summed E-state index contributed by atoms with van der Waals surface area (Å²) in [4.78, 5) is 7.21. The number of aryl methyl sites for hydroxylation is 1. The van der Waals surface area contributed by atoms with E-state index in [1.54, 1.807) is 33.8 Å². The van der Waals surface area contributed by atoms with Crippen molar-refractivity contribution in [2.75, 3.05) is 26.2 Å². The van der Waals surface area contributed by atoms with Crippen molar-refractivity contribution < 1.29 is 13.2 Å². The van der Waals surface area contributed by atoms with Crippen molar-refractivity contribution in [3.05, 3.63) is 40.3 Å². The molecule has 1 saturated carbocycles.